The molecule has 1 aliphatic heterocycles. The molecule has 0 aromatic heterocycles. The molecule has 1 aliphatic carbocycles. The van der Waals surface area contributed by atoms with E-state index in [2.05, 4.69) is 0 Å². The van der Waals surface area contributed by atoms with Crippen LogP contribution in [0.25, 0.3) is 0 Å². The van der Waals surface area contributed by atoms with Crippen LogP contribution in [0.1, 0.15) is 31.4 Å². The van der Waals surface area contributed by atoms with Crippen molar-refractivity contribution in [2.24, 2.45) is 0 Å². The zero-order valence-corrected chi connectivity index (χ0v) is 10.5. The minimum absolute atomic E-state index is 0.154. The minimum atomic E-state index is -0.177. The van der Waals surface area contributed by atoms with E-state index in [4.69, 9.17) is 9.47 Å². The quantitative estimate of drug-likeness (QED) is 0.821. The van der Waals surface area contributed by atoms with Crippen LogP contribution in [-0.2, 0) is 4.74 Å². The van der Waals surface area contributed by atoms with Crippen LogP contribution in [0.5, 0.6) is 5.75 Å². The Bertz CT molecular complexity index is 456. The van der Waals surface area contributed by atoms with Gasteiger partial charge in [-0.3, -0.25) is 0 Å². The second-order valence-electron chi connectivity index (χ2n) is 4.76. The van der Waals surface area contributed by atoms with E-state index >= 15 is 0 Å². The number of carbonyl (C=O) groups excluding carboxylic acids is 1. The van der Waals surface area contributed by atoms with E-state index in [1.807, 2.05) is 36.1 Å². The number of ether oxygens (including phenoxy) is 2. The molecular weight excluding hydrogens is 230 g/mol. The first-order valence-electron chi connectivity index (χ1n) is 6.48. The first-order valence-corrected chi connectivity index (χ1v) is 6.48. The summed E-state index contributed by atoms with van der Waals surface area (Å²) in [6, 6.07) is 8.21. The maximum absolute atomic E-state index is 11.7. The predicted octanol–water partition coefficient (Wildman–Crippen LogP) is 2.74. The summed E-state index contributed by atoms with van der Waals surface area (Å²) in [7, 11) is 0. The molecule has 18 heavy (non-hydrogen) atoms. The van der Waals surface area contributed by atoms with Crippen LogP contribution >= 0.6 is 0 Å². The number of hydrogen-bond acceptors (Lipinski definition) is 3. The summed E-state index contributed by atoms with van der Waals surface area (Å²) in [5, 5.41) is 0. The van der Waals surface area contributed by atoms with Crippen molar-refractivity contribution in [1.29, 1.82) is 0 Å². The Morgan fingerprint density at radius 2 is 2.28 bits per heavy atom. The van der Waals surface area contributed by atoms with E-state index in [1.165, 1.54) is 0 Å². The standard InChI is InChI=1S/C14H17NO3/c1-2-17-12-5-3-4-10(8-12)13-9-15(11-6-7-11)14(16)18-13/h3-5,8,11,13H,2,6-7,9H2,1H3. The molecule has 1 amide bonds. The lowest BCUT2D eigenvalue weighted by atomic mass is 10.1. The first kappa shape index (κ1) is 11.4. The number of hydrogen-bond donors (Lipinski definition) is 0. The SMILES string of the molecule is CCOc1cccc(C2CN(C3CC3)C(=O)O2)c1. The molecule has 1 aromatic rings. The largest absolute Gasteiger partial charge is 0.494 e. The van der Waals surface area contributed by atoms with Crippen molar-refractivity contribution in [2.75, 3.05) is 13.2 Å². The zero-order valence-electron chi connectivity index (χ0n) is 10.5. The molecule has 1 aromatic carbocycles. The van der Waals surface area contributed by atoms with Crippen molar-refractivity contribution in [1.82, 2.24) is 4.90 Å². The third kappa shape index (κ3) is 2.15. The highest BCUT2D eigenvalue weighted by molar-refractivity contribution is 5.71. The minimum Gasteiger partial charge on any atom is -0.494 e. The molecule has 2 fully saturated rings. The summed E-state index contributed by atoms with van der Waals surface area (Å²) in [4.78, 5) is 13.6. The van der Waals surface area contributed by atoms with Crippen LogP contribution < -0.4 is 4.74 Å². The number of cyclic esters (lactones) is 1. The van der Waals surface area contributed by atoms with E-state index in [-0.39, 0.29) is 12.2 Å². The Morgan fingerprint density at radius 1 is 1.44 bits per heavy atom. The van der Waals surface area contributed by atoms with Gasteiger partial charge >= 0.3 is 6.09 Å². The third-order valence-electron chi connectivity index (χ3n) is 3.37. The Balaban J connectivity index is 1.74. The number of rotatable bonds is 4. The summed E-state index contributed by atoms with van der Waals surface area (Å²) < 4.78 is 10.9. The molecule has 3 rings (SSSR count). The summed E-state index contributed by atoms with van der Waals surface area (Å²) in [6.07, 6.45) is 1.89. The highest BCUT2D eigenvalue weighted by Crippen LogP contribution is 2.35. The van der Waals surface area contributed by atoms with Gasteiger partial charge < -0.3 is 14.4 Å². The lowest BCUT2D eigenvalue weighted by Crippen LogP contribution is -2.26. The lowest BCUT2D eigenvalue weighted by Gasteiger charge is -2.11. The molecule has 1 saturated carbocycles. The van der Waals surface area contributed by atoms with Crippen LogP contribution in [0, 0.1) is 0 Å². The Morgan fingerprint density at radius 3 is 3.00 bits per heavy atom. The first-order chi connectivity index (χ1) is 8.78. The van der Waals surface area contributed by atoms with Gasteiger partial charge in [0, 0.05) is 6.04 Å². The topological polar surface area (TPSA) is 38.8 Å². The summed E-state index contributed by atoms with van der Waals surface area (Å²) in [5.41, 5.74) is 1.01. The average Bonchev–Trinajstić information content (AvgIpc) is 3.13. The molecule has 4 heteroatoms. The molecule has 0 bridgehead atoms. The van der Waals surface area contributed by atoms with Gasteiger partial charge in [-0.1, -0.05) is 12.1 Å². The van der Waals surface area contributed by atoms with Gasteiger partial charge in [0.05, 0.1) is 13.2 Å². The fourth-order valence-corrected chi connectivity index (χ4v) is 2.31. The molecule has 96 valence electrons. The number of amides is 1. The van der Waals surface area contributed by atoms with Crippen molar-refractivity contribution < 1.29 is 14.3 Å². The highest BCUT2D eigenvalue weighted by Gasteiger charge is 2.41. The zero-order chi connectivity index (χ0) is 12.5. The molecular formula is C14H17NO3. The molecule has 0 spiro atoms. The smallest absolute Gasteiger partial charge is 0.410 e. The maximum Gasteiger partial charge on any atom is 0.410 e. The summed E-state index contributed by atoms with van der Waals surface area (Å²) in [5.74, 6) is 0.830. The average molecular weight is 247 g/mol. The Hall–Kier alpha value is -1.71. The van der Waals surface area contributed by atoms with E-state index in [0.29, 0.717) is 19.2 Å². The molecule has 0 radical (unpaired) electrons. The van der Waals surface area contributed by atoms with Crippen LogP contribution in [0.3, 0.4) is 0 Å². The van der Waals surface area contributed by atoms with Gasteiger partial charge in [-0.2, -0.15) is 0 Å². The summed E-state index contributed by atoms with van der Waals surface area (Å²) in [6.45, 7) is 3.26. The van der Waals surface area contributed by atoms with Crippen LogP contribution in [0.15, 0.2) is 24.3 Å². The molecule has 2 aliphatic rings. The molecule has 4 nitrogen and oxygen atoms in total. The van der Waals surface area contributed by atoms with Gasteiger partial charge in [0.2, 0.25) is 0 Å². The van der Waals surface area contributed by atoms with Crippen molar-refractivity contribution >= 4 is 6.09 Å². The highest BCUT2D eigenvalue weighted by atomic mass is 16.6. The van der Waals surface area contributed by atoms with Gasteiger partial charge in [-0.25, -0.2) is 4.79 Å². The molecule has 1 atom stereocenters. The predicted molar refractivity (Wildman–Crippen MR) is 66.6 cm³/mol. The Kier molecular flexibility index (Phi) is 2.86. The van der Waals surface area contributed by atoms with E-state index in [0.717, 1.165) is 24.2 Å². The van der Waals surface area contributed by atoms with Gasteiger partial charge in [-0.05, 0) is 37.5 Å². The molecule has 1 unspecified atom stereocenters. The van der Waals surface area contributed by atoms with Gasteiger partial charge in [-0.15, -0.1) is 0 Å². The van der Waals surface area contributed by atoms with Crippen molar-refractivity contribution in [3.63, 3.8) is 0 Å². The molecule has 1 heterocycles. The number of carbonyl (C=O) groups is 1. The third-order valence-corrected chi connectivity index (χ3v) is 3.37. The second-order valence-corrected chi connectivity index (χ2v) is 4.76. The van der Waals surface area contributed by atoms with Crippen LogP contribution in [0.2, 0.25) is 0 Å². The number of benzene rings is 1. The normalized spacial score (nSPS) is 23.1. The fraction of sp³-hybridized carbons (Fsp3) is 0.500. The fourth-order valence-electron chi connectivity index (χ4n) is 2.31. The van der Waals surface area contributed by atoms with Gasteiger partial charge in [0.15, 0.2) is 0 Å². The van der Waals surface area contributed by atoms with E-state index < -0.39 is 0 Å². The van der Waals surface area contributed by atoms with Gasteiger partial charge in [0.25, 0.3) is 0 Å². The van der Waals surface area contributed by atoms with Crippen molar-refractivity contribution in [3.8, 4) is 5.75 Å². The molecule has 0 N–H and O–H groups in total. The maximum atomic E-state index is 11.7. The van der Waals surface area contributed by atoms with Crippen LogP contribution in [0.4, 0.5) is 4.79 Å². The Labute approximate surface area is 106 Å². The van der Waals surface area contributed by atoms with E-state index in [9.17, 15) is 4.79 Å². The van der Waals surface area contributed by atoms with Gasteiger partial charge in [0.1, 0.15) is 11.9 Å². The van der Waals surface area contributed by atoms with Crippen LogP contribution in [-0.4, -0.2) is 30.2 Å². The van der Waals surface area contributed by atoms with E-state index in [1.54, 1.807) is 0 Å². The summed E-state index contributed by atoms with van der Waals surface area (Å²) >= 11 is 0. The van der Waals surface area contributed by atoms with Crippen molar-refractivity contribution in [2.45, 2.75) is 31.9 Å². The monoisotopic (exact) mass is 247 g/mol. The second kappa shape index (κ2) is 4.52. The molecule has 1 saturated heterocycles. The van der Waals surface area contributed by atoms with Crippen molar-refractivity contribution in [3.05, 3.63) is 29.8 Å². The number of nitrogens with zero attached hydrogens (tertiary/aromatic N) is 1. The lowest BCUT2D eigenvalue weighted by molar-refractivity contribution is 0.132.